The van der Waals surface area contributed by atoms with E-state index in [4.69, 9.17) is 5.73 Å². The molecule has 17 heteroatoms. The van der Waals surface area contributed by atoms with Gasteiger partial charge in [-0.15, -0.1) is 15.3 Å². The van der Waals surface area contributed by atoms with Gasteiger partial charge in [-0.1, -0.05) is 29.1 Å². The molecule has 16 nitrogen and oxygen atoms in total. The van der Waals surface area contributed by atoms with Crippen molar-refractivity contribution in [1.29, 1.82) is 0 Å². The maximum Gasteiger partial charge on any atom is 0.293 e. The lowest BCUT2D eigenvalue weighted by atomic mass is 10.2. The van der Waals surface area contributed by atoms with E-state index in [0.29, 0.717) is 16.4 Å². The Balaban J connectivity index is 1.57. The van der Waals surface area contributed by atoms with Gasteiger partial charge < -0.3 is 10.3 Å². The SMILES string of the molecule is Cn1cnnc1SCc1c(C(=O)N/N=C/c2cccc([N+](=O)[O-])c2)nnn1-c1nonc1N. The smallest absolute Gasteiger partial charge is 0.293 e. The zero-order valence-electron chi connectivity index (χ0n) is 16.8. The number of hydrazone groups is 1. The molecule has 168 valence electrons. The van der Waals surface area contributed by atoms with E-state index in [1.165, 1.54) is 47.2 Å². The number of nitrogen functional groups attached to an aromatic ring is 1. The number of anilines is 1. The van der Waals surface area contributed by atoms with E-state index in [9.17, 15) is 14.9 Å². The number of aromatic nitrogens is 8. The van der Waals surface area contributed by atoms with Crippen LogP contribution in [0.2, 0.25) is 0 Å². The van der Waals surface area contributed by atoms with Crippen molar-refractivity contribution in [1.82, 2.24) is 45.5 Å². The number of hydrogen-bond acceptors (Lipinski definition) is 13. The van der Waals surface area contributed by atoms with Gasteiger partial charge in [0, 0.05) is 30.5 Å². The van der Waals surface area contributed by atoms with E-state index in [1.807, 2.05) is 0 Å². The van der Waals surface area contributed by atoms with Crippen LogP contribution < -0.4 is 11.2 Å². The Hall–Kier alpha value is -4.67. The molecule has 0 aliphatic rings. The van der Waals surface area contributed by atoms with Crippen LogP contribution in [0.4, 0.5) is 11.5 Å². The highest BCUT2D eigenvalue weighted by Gasteiger charge is 2.24. The number of non-ortho nitro benzene ring substituents is 1. The third kappa shape index (κ3) is 4.66. The zero-order chi connectivity index (χ0) is 23.4. The molecule has 4 aromatic rings. The minimum atomic E-state index is -0.675. The molecule has 1 amide bonds. The second-order valence-corrected chi connectivity index (χ2v) is 7.28. The fourth-order valence-electron chi connectivity index (χ4n) is 2.59. The fraction of sp³-hybridized carbons (Fsp3) is 0.125. The summed E-state index contributed by atoms with van der Waals surface area (Å²) in [5, 5.41) is 38.2. The summed E-state index contributed by atoms with van der Waals surface area (Å²) in [6.45, 7) is 0. The van der Waals surface area contributed by atoms with E-state index >= 15 is 0 Å². The summed E-state index contributed by atoms with van der Waals surface area (Å²) in [6, 6.07) is 5.77. The van der Waals surface area contributed by atoms with Crippen molar-refractivity contribution in [2.24, 2.45) is 12.1 Å². The standard InChI is InChI=1S/C16H14N12O4S/c1-26-8-19-22-16(26)33-7-11-12(20-25-27(11)14-13(17)23-32-24-14)15(29)21-18-6-9-3-2-4-10(5-9)28(30)31/h2-6,8H,7H2,1H3,(H2,17,23)(H,21,29)/b18-6+. The third-order valence-electron chi connectivity index (χ3n) is 4.14. The van der Waals surface area contributed by atoms with Crippen molar-refractivity contribution < 1.29 is 14.3 Å². The Labute approximate surface area is 188 Å². The summed E-state index contributed by atoms with van der Waals surface area (Å²) in [5.74, 6) is -0.453. The average molecular weight is 470 g/mol. The molecule has 0 bridgehead atoms. The molecule has 0 radical (unpaired) electrons. The van der Waals surface area contributed by atoms with E-state index in [0.717, 1.165) is 0 Å². The molecule has 3 aromatic heterocycles. The number of nitrogens with zero attached hydrogens (tertiary/aromatic N) is 10. The predicted molar refractivity (Wildman–Crippen MR) is 112 cm³/mol. The highest BCUT2D eigenvalue weighted by atomic mass is 32.2. The Morgan fingerprint density at radius 1 is 1.39 bits per heavy atom. The molecule has 0 atom stereocenters. The van der Waals surface area contributed by atoms with E-state index in [2.05, 4.69) is 46.0 Å². The second kappa shape index (κ2) is 9.22. The largest absolute Gasteiger partial charge is 0.378 e. The molecule has 0 spiro atoms. The molecule has 0 saturated carbocycles. The Morgan fingerprint density at radius 2 is 2.24 bits per heavy atom. The van der Waals surface area contributed by atoms with Gasteiger partial charge in [-0.25, -0.2) is 10.1 Å². The van der Waals surface area contributed by atoms with Crippen molar-refractivity contribution in [3.8, 4) is 5.82 Å². The van der Waals surface area contributed by atoms with Crippen molar-refractivity contribution in [2.45, 2.75) is 10.9 Å². The van der Waals surface area contributed by atoms with Crippen molar-refractivity contribution in [2.75, 3.05) is 5.73 Å². The van der Waals surface area contributed by atoms with Crippen LogP contribution in [-0.4, -0.2) is 57.1 Å². The number of rotatable bonds is 8. The van der Waals surface area contributed by atoms with Gasteiger partial charge in [0.25, 0.3) is 11.6 Å². The normalized spacial score (nSPS) is 11.2. The summed E-state index contributed by atoms with van der Waals surface area (Å²) in [6.07, 6.45) is 2.80. The molecule has 4 rings (SSSR count). The lowest BCUT2D eigenvalue weighted by molar-refractivity contribution is -0.384. The van der Waals surface area contributed by atoms with Gasteiger partial charge in [0.15, 0.2) is 10.9 Å². The van der Waals surface area contributed by atoms with Crippen LogP contribution in [-0.2, 0) is 12.8 Å². The van der Waals surface area contributed by atoms with Gasteiger partial charge in [-0.05, 0) is 10.3 Å². The van der Waals surface area contributed by atoms with Crippen molar-refractivity contribution in [3.63, 3.8) is 0 Å². The Morgan fingerprint density at radius 3 is 2.94 bits per heavy atom. The summed E-state index contributed by atoms with van der Waals surface area (Å²) < 4.78 is 7.55. The Bertz CT molecular complexity index is 1340. The summed E-state index contributed by atoms with van der Waals surface area (Å²) in [5.41, 5.74) is 8.68. The minimum absolute atomic E-state index is 0.0412. The first-order chi connectivity index (χ1) is 15.9. The molecule has 0 aliphatic heterocycles. The van der Waals surface area contributed by atoms with Gasteiger partial charge >= 0.3 is 0 Å². The van der Waals surface area contributed by atoms with Gasteiger partial charge in [0.2, 0.25) is 11.6 Å². The molecule has 0 saturated heterocycles. The number of nitrogens with one attached hydrogen (secondary N) is 1. The van der Waals surface area contributed by atoms with Gasteiger partial charge in [-0.3, -0.25) is 14.9 Å². The number of aryl methyl sites for hydroxylation is 1. The number of carbonyl (C=O) groups excluding carboxylic acids is 1. The maximum absolute atomic E-state index is 12.7. The van der Waals surface area contributed by atoms with Gasteiger partial charge in [0.1, 0.15) is 6.33 Å². The quantitative estimate of drug-likeness (QED) is 0.154. The van der Waals surface area contributed by atoms with Crippen molar-refractivity contribution >= 4 is 35.4 Å². The molecule has 3 heterocycles. The third-order valence-corrected chi connectivity index (χ3v) is 5.19. The number of nitro benzene ring substituents is 1. The topological polar surface area (TPSA) is 211 Å². The van der Waals surface area contributed by atoms with Gasteiger partial charge in [-0.2, -0.15) is 9.78 Å². The zero-order valence-corrected chi connectivity index (χ0v) is 17.6. The molecular weight excluding hydrogens is 456 g/mol. The first-order valence-electron chi connectivity index (χ1n) is 9.01. The molecule has 0 unspecified atom stereocenters. The summed E-state index contributed by atoms with van der Waals surface area (Å²) in [7, 11) is 1.77. The number of nitrogens with two attached hydrogens (primary N) is 1. The number of amides is 1. The number of thioether (sulfide) groups is 1. The summed E-state index contributed by atoms with van der Waals surface area (Å²) >= 11 is 1.27. The van der Waals surface area contributed by atoms with Crippen LogP contribution >= 0.6 is 11.8 Å². The van der Waals surface area contributed by atoms with E-state index in [-0.39, 0.29) is 28.8 Å². The Kier molecular flexibility index (Phi) is 6.02. The maximum atomic E-state index is 12.7. The molecule has 0 aliphatic carbocycles. The highest BCUT2D eigenvalue weighted by molar-refractivity contribution is 7.98. The molecule has 0 fully saturated rings. The molecule has 3 N–H and O–H groups in total. The number of nitro groups is 1. The van der Waals surface area contributed by atoms with Crippen LogP contribution in [0, 0.1) is 10.1 Å². The molecule has 1 aromatic carbocycles. The van der Waals surface area contributed by atoms with Gasteiger partial charge in [0.05, 0.1) is 16.8 Å². The highest BCUT2D eigenvalue weighted by Crippen LogP contribution is 2.24. The molecular formula is C16H14N12O4S. The van der Waals surface area contributed by atoms with Crippen LogP contribution in [0.1, 0.15) is 21.7 Å². The van der Waals surface area contributed by atoms with Crippen molar-refractivity contribution in [3.05, 3.63) is 57.7 Å². The first-order valence-corrected chi connectivity index (χ1v) is 10.00. The van der Waals surface area contributed by atoms with Crippen LogP contribution in [0.3, 0.4) is 0 Å². The number of carbonyl (C=O) groups is 1. The minimum Gasteiger partial charge on any atom is -0.378 e. The van der Waals surface area contributed by atoms with E-state index in [1.54, 1.807) is 17.7 Å². The number of hydrogen-bond donors (Lipinski definition) is 2. The van der Waals surface area contributed by atoms with Crippen LogP contribution in [0.5, 0.6) is 0 Å². The van der Waals surface area contributed by atoms with E-state index < -0.39 is 10.8 Å². The number of benzene rings is 1. The average Bonchev–Trinajstić information content (AvgIpc) is 3.52. The first kappa shape index (κ1) is 21.6. The fourth-order valence-corrected chi connectivity index (χ4v) is 3.47. The molecule has 33 heavy (non-hydrogen) atoms. The lowest BCUT2D eigenvalue weighted by Crippen LogP contribution is -2.20. The van der Waals surface area contributed by atoms with Crippen LogP contribution in [0.15, 0.2) is 45.5 Å². The monoisotopic (exact) mass is 470 g/mol. The second-order valence-electron chi connectivity index (χ2n) is 6.33. The lowest BCUT2D eigenvalue weighted by Gasteiger charge is -2.05. The predicted octanol–water partition coefficient (Wildman–Crippen LogP) is 0.325. The summed E-state index contributed by atoms with van der Waals surface area (Å²) in [4.78, 5) is 23.1. The van der Waals surface area contributed by atoms with Crippen LogP contribution in [0.25, 0.3) is 5.82 Å².